The van der Waals surface area contributed by atoms with E-state index in [1.54, 1.807) is 24.8 Å². The normalized spacial score (nSPS) is 25.2. The van der Waals surface area contributed by atoms with Crippen LogP contribution in [0.15, 0.2) is 67.4 Å². The van der Waals surface area contributed by atoms with Gasteiger partial charge in [-0.3, -0.25) is 34.3 Å². The number of imidazole rings is 1. The number of nitrogens with zero attached hydrogens (tertiary/aromatic N) is 9. The molecule has 398 valence electrons. The van der Waals surface area contributed by atoms with Crippen LogP contribution in [0.4, 0.5) is 27.4 Å². The van der Waals surface area contributed by atoms with Gasteiger partial charge in [0.25, 0.3) is 0 Å². The van der Waals surface area contributed by atoms with Gasteiger partial charge in [-0.1, -0.05) is 24.6 Å². The number of benzene rings is 1. The second-order valence-corrected chi connectivity index (χ2v) is 22.9. The Hall–Kier alpha value is -6.82. The number of hydrogen-bond donors (Lipinski definition) is 3. The van der Waals surface area contributed by atoms with Gasteiger partial charge in [0.15, 0.2) is 11.6 Å². The Morgan fingerprint density at radius 3 is 2.18 bits per heavy atom. The first-order valence-corrected chi connectivity index (χ1v) is 28.0. The summed E-state index contributed by atoms with van der Waals surface area (Å²) in [6.07, 6.45) is 18.1. The summed E-state index contributed by atoms with van der Waals surface area (Å²) in [7, 11) is 0. The van der Waals surface area contributed by atoms with Crippen molar-refractivity contribution in [2.75, 3.05) is 54.8 Å². The predicted octanol–water partition coefficient (Wildman–Crippen LogP) is 8.01. The van der Waals surface area contributed by atoms with E-state index in [1.807, 2.05) is 32.6 Å². The number of aromatic nitrogens is 5. The molecule has 17 nitrogen and oxygen atoms in total. The van der Waals surface area contributed by atoms with Gasteiger partial charge in [0.1, 0.15) is 11.3 Å². The van der Waals surface area contributed by atoms with Crippen LogP contribution in [0.25, 0.3) is 22.3 Å². The average Bonchev–Trinajstić information content (AvgIpc) is 4.00. The molecule has 5 amide bonds. The zero-order chi connectivity index (χ0) is 52.2. The standard InChI is InChI=1S/C58H69FN12O5/c1-35(2)70-34-62-48-31-47(65-53(52(48)70)64-46-16-21-60-33-45(46)59)38-10-13-44-49(28-38)71(42-29-41(30-42)67-22-4-3-5-23-67)57(76)58(44)19-26-69(27-20-58)56(75)37-8-6-36(7-9-37)55(74)68-24-17-40(18-25-68)63-50-14-11-39(32-61-50)43-12-15-51(72)66-54(43)73/h10-11,13-14,16,21,28,31-37,40-43H,3-9,12,15,17-20,22-27,29-30H2,1-2H3,(H,61,63)(H,60,64,65)(H,66,72,73)/t36-,37-,41-,42+,43?. The topological polar surface area (TPSA) is 191 Å². The first-order valence-electron chi connectivity index (χ1n) is 28.0. The molecule has 7 aliphatic rings. The largest absolute Gasteiger partial charge is 0.367 e. The third kappa shape index (κ3) is 9.37. The maximum atomic E-state index is 15.3. The van der Waals surface area contributed by atoms with Gasteiger partial charge >= 0.3 is 0 Å². The summed E-state index contributed by atoms with van der Waals surface area (Å²) in [6, 6.07) is 14.4. The van der Waals surface area contributed by atoms with Gasteiger partial charge in [-0.15, -0.1) is 0 Å². The van der Waals surface area contributed by atoms with Crippen LogP contribution < -0.4 is 20.9 Å². The van der Waals surface area contributed by atoms with Crippen molar-refractivity contribution in [1.82, 2.24) is 44.5 Å². The number of carbonyl (C=O) groups excluding carboxylic acids is 5. The number of anilines is 4. The first kappa shape index (κ1) is 50.0. The molecule has 2 saturated carbocycles. The molecule has 5 aromatic rings. The molecule has 9 heterocycles. The second kappa shape index (κ2) is 20.6. The number of fused-ring (bicyclic) bond motifs is 3. The number of piperidine rings is 4. The Morgan fingerprint density at radius 2 is 1.51 bits per heavy atom. The molecule has 12 rings (SSSR count). The predicted molar refractivity (Wildman–Crippen MR) is 286 cm³/mol. The maximum Gasteiger partial charge on any atom is 0.238 e. The summed E-state index contributed by atoms with van der Waals surface area (Å²) in [4.78, 5) is 94.5. The average molecular weight is 1030 g/mol. The fourth-order valence-corrected chi connectivity index (χ4v) is 13.6. The molecule has 1 aromatic carbocycles. The lowest BCUT2D eigenvalue weighted by Crippen LogP contribution is -2.58. The van der Waals surface area contributed by atoms with Crippen molar-refractivity contribution < 1.29 is 28.4 Å². The zero-order valence-electron chi connectivity index (χ0n) is 43.7. The van der Waals surface area contributed by atoms with Gasteiger partial charge in [-0.05, 0) is 146 Å². The Balaban J connectivity index is 0.699. The van der Waals surface area contributed by atoms with E-state index in [4.69, 9.17) is 9.97 Å². The molecule has 0 bridgehead atoms. The van der Waals surface area contributed by atoms with Gasteiger partial charge in [-0.25, -0.2) is 19.3 Å². The van der Waals surface area contributed by atoms with E-state index >= 15 is 9.18 Å². The van der Waals surface area contributed by atoms with Gasteiger partial charge in [0.05, 0.1) is 40.8 Å². The van der Waals surface area contributed by atoms with E-state index in [2.05, 4.69) is 67.8 Å². The smallest absolute Gasteiger partial charge is 0.238 e. The van der Waals surface area contributed by atoms with Crippen LogP contribution in [0.3, 0.4) is 0 Å². The van der Waals surface area contributed by atoms with Gasteiger partial charge in [0, 0.05) is 92.2 Å². The third-order valence-corrected chi connectivity index (χ3v) is 18.1. The van der Waals surface area contributed by atoms with Gasteiger partial charge in [-0.2, -0.15) is 0 Å². The van der Waals surface area contributed by atoms with Crippen LogP contribution >= 0.6 is 0 Å². The lowest BCUT2D eigenvalue weighted by atomic mass is 9.72. The van der Waals surface area contributed by atoms with Crippen LogP contribution in [0, 0.1) is 17.7 Å². The number of likely N-dealkylation sites (tertiary alicyclic amines) is 3. The van der Waals surface area contributed by atoms with E-state index in [-0.39, 0.29) is 71.1 Å². The molecule has 6 fully saturated rings. The molecule has 76 heavy (non-hydrogen) atoms. The lowest BCUT2D eigenvalue weighted by molar-refractivity contribution is -0.143. The molecular formula is C58H69FN12O5. The molecule has 1 atom stereocenters. The number of pyridine rings is 3. The van der Waals surface area contributed by atoms with E-state index < -0.39 is 11.2 Å². The van der Waals surface area contributed by atoms with Crippen LogP contribution in [0.5, 0.6) is 0 Å². The SMILES string of the molecule is CC(C)n1cnc2cc(-c3ccc4c(c3)N([C@H]3C[C@@H](N5CCCCC5)C3)C(=O)C43CCN(C(=O)[C@H]4CC[C@H](C(=O)N5CCC(Nc6ccc(C7CCC(=O)NC7=O)cn6)CC5)CC4)CC3)nc(Nc3ccncc3F)c21. The van der Waals surface area contributed by atoms with E-state index in [1.165, 1.54) is 25.5 Å². The van der Waals surface area contributed by atoms with Gasteiger partial charge < -0.3 is 34.8 Å². The van der Waals surface area contributed by atoms with Crippen molar-refractivity contribution >= 4 is 63.6 Å². The summed E-state index contributed by atoms with van der Waals surface area (Å²) in [6.45, 7) is 8.69. The minimum absolute atomic E-state index is 0.0767. The molecule has 4 aromatic heterocycles. The molecule has 18 heteroatoms. The molecule has 2 aliphatic carbocycles. The number of imide groups is 1. The van der Waals surface area contributed by atoms with Crippen LogP contribution in [-0.4, -0.2) is 126 Å². The number of halogens is 1. The number of carbonyl (C=O) groups is 5. The van der Waals surface area contributed by atoms with Crippen molar-refractivity contribution in [1.29, 1.82) is 0 Å². The lowest BCUT2D eigenvalue weighted by Gasteiger charge is -2.48. The fourth-order valence-electron chi connectivity index (χ4n) is 13.6. The van der Waals surface area contributed by atoms with Crippen molar-refractivity contribution in [3.8, 4) is 11.3 Å². The zero-order valence-corrected chi connectivity index (χ0v) is 43.7. The first-order chi connectivity index (χ1) is 36.9. The van der Waals surface area contributed by atoms with E-state index in [0.29, 0.717) is 95.1 Å². The van der Waals surface area contributed by atoms with Crippen molar-refractivity contribution in [2.45, 2.75) is 146 Å². The Morgan fingerprint density at radius 1 is 0.789 bits per heavy atom. The number of nitrogens with one attached hydrogen (secondary N) is 3. The highest BCUT2D eigenvalue weighted by atomic mass is 19.1. The summed E-state index contributed by atoms with van der Waals surface area (Å²) < 4.78 is 17.1. The van der Waals surface area contributed by atoms with Crippen LogP contribution in [-0.2, 0) is 29.4 Å². The molecule has 1 unspecified atom stereocenters. The van der Waals surface area contributed by atoms with Crippen molar-refractivity contribution in [3.63, 3.8) is 0 Å². The van der Waals surface area contributed by atoms with Crippen LogP contribution in [0.2, 0.25) is 0 Å². The fraction of sp³-hybridized carbons (Fsp3) is 0.534. The quantitative estimate of drug-likeness (QED) is 0.108. The highest BCUT2D eigenvalue weighted by molar-refractivity contribution is 6.09. The van der Waals surface area contributed by atoms with Crippen molar-refractivity contribution in [2.24, 2.45) is 11.8 Å². The summed E-state index contributed by atoms with van der Waals surface area (Å²) >= 11 is 0. The van der Waals surface area contributed by atoms with E-state index in [0.717, 1.165) is 78.0 Å². The number of rotatable bonds is 11. The van der Waals surface area contributed by atoms with Gasteiger partial charge in [0.2, 0.25) is 29.5 Å². The number of hydrogen-bond acceptors (Lipinski definition) is 12. The minimum atomic E-state index is -0.744. The van der Waals surface area contributed by atoms with Crippen LogP contribution in [0.1, 0.15) is 133 Å². The highest BCUT2D eigenvalue weighted by Gasteiger charge is 2.56. The maximum absolute atomic E-state index is 15.3. The Bertz CT molecular complexity index is 3040. The molecule has 1 spiro atoms. The third-order valence-electron chi connectivity index (χ3n) is 18.1. The molecule has 3 N–H and O–H groups in total. The van der Waals surface area contributed by atoms with Crippen molar-refractivity contribution in [3.05, 3.63) is 84.3 Å². The molecular weight excluding hydrogens is 964 g/mol. The highest BCUT2D eigenvalue weighted by Crippen LogP contribution is 2.52. The molecule has 5 aliphatic heterocycles. The Kier molecular flexibility index (Phi) is 13.6. The summed E-state index contributed by atoms with van der Waals surface area (Å²) in [5.74, 6) is 0.0708. The molecule has 4 saturated heterocycles. The monoisotopic (exact) mass is 1030 g/mol. The minimum Gasteiger partial charge on any atom is -0.367 e. The Labute approximate surface area is 442 Å². The summed E-state index contributed by atoms with van der Waals surface area (Å²) in [5.41, 5.74) is 5.25. The van der Waals surface area contributed by atoms with E-state index in [9.17, 15) is 19.2 Å². The second-order valence-electron chi connectivity index (χ2n) is 22.9. The molecule has 0 radical (unpaired) electrons. The summed E-state index contributed by atoms with van der Waals surface area (Å²) in [5, 5.41) is 9.17. The number of amides is 5.